The number of nitrogens with zero attached hydrogens (tertiary/aromatic N) is 6. The minimum absolute atomic E-state index is 0.0268. The van der Waals surface area contributed by atoms with Crippen LogP contribution >= 0.6 is 11.6 Å². The van der Waals surface area contributed by atoms with Crippen molar-refractivity contribution in [3.63, 3.8) is 0 Å². The quantitative estimate of drug-likeness (QED) is 0.775. The molecule has 0 spiro atoms. The van der Waals surface area contributed by atoms with E-state index in [9.17, 15) is 4.79 Å². The van der Waals surface area contributed by atoms with Gasteiger partial charge < -0.3 is 15.1 Å². The summed E-state index contributed by atoms with van der Waals surface area (Å²) in [6.07, 6.45) is 10.6. The van der Waals surface area contributed by atoms with Crippen LogP contribution in [0.2, 0.25) is 5.02 Å². The summed E-state index contributed by atoms with van der Waals surface area (Å²) in [6, 6.07) is 0. The fraction of sp³-hybridized carbons (Fsp3) is 0.500. The number of hydrogen-bond acceptors (Lipinski definition) is 6. The van der Waals surface area contributed by atoms with Crippen LogP contribution in [0.1, 0.15) is 20.3 Å². The van der Waals surface area contributed by atoms with E-state index in [4.69, 9.17) is 18.0 Å². The second-order valence-electron chi connectivity index (χ2n) is 8.50. The molecule has 0 bridgehead atoms. The van der Waals surface area contributed by atoms with Gasteiger partial charge in [-0.3, -0.25) is 9.48 Å². The summed E-state index contributed by atoms with van der Waals surface area (Å²) in [6.45, 7) is 7.33. The first kappa shape index (κ1) is 19.5. The van der Waals surface area contributed by atoms with Crippen molar-refractivity contribution in [1.29, 1.82) is 0 Å². The van der Waals surface area contributed by atoms with E-state index in [-0.39, 0.29) is 23.2 Å². The van der Waals surface area contributed by atoms with Crippen molar-refractivity contribution in [3.05, 3.63) is 23.6 Å². The highest BCUT2D eigenvalue weighted by molar-refractivity contribution is 6.32. The monoisotopic (exact) mass is 413 g/mol. The van der Waals surface area contributed by atoms with Crippen LogP contribution in [0.4, 0.5) is 17.5 Å². The number of terminal acetylenes is 1. The average molecular weight is 414 g/mol. The smallest absolute Gasteiger partial charge is 0.234 e. The Labute approximate surface area is 175 Å². The first-order chi connectivity index (χ1) is 13.7. The summed E-state index contributed by atoms with van der Waals surface area (Å²) in [5, 5.41) is 7.81. The predicted octanol–water partition coefficient (Wildman–Crippen LogP) is 2.31. The Balaban J connectivity index is 1.54. The van der Waals surface area contributed by atoms with Gasteiger partial charge in [-0.2, -0.15) is 10.1 Å². The van der Waals surface area contributed by atoms with Gasteiger partial charge in [-0.25, -0.2) is 4.98 Å². The first-order valence-electron chi connectivity index (χ1n) is 9.47. The van der Waals surface area contributed by atoms with E-state index in [1.165, 1.54) is 0 Å². The van der Waals surface area contributed by atoms with Crippen molar-refractivity contribution in [3.8, 4) is 12.3 Å². The lowest BCUT2D eigenvalue weighted by molar-refractivity contribution is -0.129. The topological polar surface area (TPSA) is 79.2 Å². The molecule has 2 fully saturated rings. The molecule has 0 saturated carbocycles. The Hall–Kier alpha value is -2.79. The van der Waals surface area contributed by atoms with Crippen molar-refractivity contribution < 1.29 is 4.79 Å². The Bertz CT molecular complexity index is 979. The number of amides is 1. The molecule has 4 rings (SSSR count). The maximum atomic E-state index is 12.3. The predicted molar refractivity (Wildman–Crippen MR) is 112 cm³/mol. The molecule has 2 aromatic heterocycles. The molecule has 0 unspecified atom stereocenters. The van der Waals surface area contributed by atoms with Gasteiger partial charge in [0.25, 0.3) is 0 Å². The molecule has 1 N–H and O–H groups in total. The summed E-state index contributed by atoms with van der Waals surface area (Å²) >= 11 is 6.45. The molecule has 8 nitrogen and oxygen atoms in total. The van der Waals surface area contributed by atoms with Crippen LogP contribution in [0.15, 0.2) is 18.6 Å². The van der Waals surface area contributed by atoms with Gasteiger partial charge in [0.05, 0.1) is 24.5 Å². The molecule has 2 atom stereocenters. The van der Waals surface area contributed by atoms with Crippen LogP contribution < -0.4 is 10.2 Å². The number of rotatable bonds is 4. The zero-order valence-corrected chi connectivity index (χ0v) is 17.6. The van der Waals surface area contributed by atoms with Crippen molar-refractivity contribution in [2.24, 2.45) is 17.9 Å². The third-order valence-electron chi connectivity index (χ3n) is 6.21. The van der Waals surface area contributed by atoms with E-state index >= 15 is 0 Å². The Kier molecular flexibility index (Phi) is 4.66. The van der Waals surface area contributed by atoms with Crippen molar-refractivity contribution in [2.45, 2.75) is 20.3 Å². The largest absolute Gasteiger partial charge is 0.354 e. The molecule has 2 aliphatic heterocycles. The van der Waals surface area contributed by atoms with Crippen LogP contribution in [0.25, 0.3) is 0 Å². The second kappa shape index (κ2) is 6.92. The third kappa shape index (κ3) is 3.40. The van der Waals surface area contributed by atoms with E-state index in [1.807, 2.05) is 18.1 Å². The molecule has 0 radical (unpaired) electrons. The number of anilines is 3. The van der Waals surface area contributed by atoms with Crippen LogP contribution in [0.5, 0.6) is 0 Å². The summed E-state index contributed by atoms with van der Waals surface area (Å²) in [5.41, 5.74) is 0.672. The standard InChI is InChI=1S/C20H24ClN7O/c1-5-6-16(29)27-10-19(2)12-28(13-20(19,3)11-27)17-15(21)8-22-18(25-17)24-14-7-23-26(4)9-14/h1,7-9H,6,10-13H2,2-4H3,(H,22,24,25)/t19-,20+. The fourth-order valence-corrected chi connectivity index (χ4v) is 4.65. The fourth-order valence-electron chi connectivity index (χ4n) is 4.44. The molecule has 152 valence electrons. The molecule has 4 heterocycles. The van der Waals surface area contributed by atoms with Gasteiger partial charge in [0.15, 0.2) is 5.82 Å². The maximum Gasteiger partial charge on any atom is 0.234 e. The summed E-state index contributed by atoms with van der Waals surface area (Å²) in [5.74, 6) is 3.65. The molecule has 2 aliphatic rings. The number of nitrogens with one attached hydrogen (secondary N) is 1. The van der Waals surface area contributed by atoms with E-state index in [1.54, 1.807) is 17.1 Å². The number of hydrogen-bond donors (Lipinski definition) is 1. The summed E-state index contributed by atoms with van der Waals surface area (Å²) in [7, 11) is 1.85. The number of aromatic nitrogens is 4. The van der Waals surface area contributed by atoms with Gasteiger partial charge in [-0.15, -0.1) is 6.42 Å². The highest BCUT2D eigenvalue weighted by Crippen LogP contribution is 2.52. The SMILES string of the molecule is C#CCC(=O)N1C[C@@]2(C)CN(c3nc(Nc4cnn(C)c4)ncc3Cl)C[C@@]2(C)C1. The lowest BCUT2D eigenvalue weighted by Gasteiger charge is -2.29. The van der Waals surface area contributed by atoms with E-state index < -0.39 is 0 Å². The molecule has 1 amide bonds. The zero-order chi connectivity index (χ0) is 20.8. The van der Waals surface area contributed by atoms with Crippen molar-refractivity contribution in [1.82, 2.24) is 24.6 Å². The van der Waals surface area contributed by atoms with Crippen molar-refractivity contribution in [2.75, 3.05) is 36.4 Å². The Morgan fingerprint density at radius 1 is 1.28 bits per heavy atom. The molecule has 29 heavy (non-hydrogen) atoms. The Morgan fingerprint density at radius 2 is 1.97 bits per heavy atom. The highest BCUT2D eigenvalue weighted by Gasteiger charge is 2.58. The van der Waals surface area contributed by atoms with Crippen LogP contribution in [-0.4, -0.2) is 56.7 Å². The number of carbonyl (C=O) groups excluding carboxylic acids is 1. The van der Waals surface area contributed by atoms with Crippen LogP contribution in [0, 0.1) is 23.2 Å². The molecule has 9 heteroatoms. The van der Waals surface area contributed by atoms with E-state index in [0.29, 0.717) is 29.9 Å². The number of halogens is 1. The molecular formula is C20H24ClN7O. The number of fused-ring (bicyclic) bond motifs is 1. The maximum absolute atomic E-state index is 12.3. The van der Waals surface area contributed by atoms with Crippen LogP contribution in [0.3, 0.4) is 0 Å². The van der Waals surface area contributed by atoms with Gasteiger partial charge in [0, 0.05) is 50.3 Å². The van der Waals surface area contributed by atoms with Gasteiger partial charge in [-0.05, 0) is 0 Å². The molecule has 2 saturated heterocycles. The van der Waals surface area contributed by atoms with E-state index in [0.717, 1.165) is 18.8 Å². The molecular weight excluding hydrogens is 390 g/mol. The normalized spacial score (nSPS) is 25.8. The molecule has 0 aliphatic carbocycles. The summed E-state index contributed by atoms with van der Waals surface area (Å²) in [4.78, 5) is 25.3. The lowest BCUT2D eigenvalue weighted by Crippen LogP contribution is -2.35. The van der Waals surface area contributed by atoms with Gasteiger partial charge in [-0.1, -0.05) is 31.4 Å². The van der Waals surface area contributed by atoms with Gasteiger partial charge >= 0.3 is 0 Å². The highest BCUT2D eigenvalue weighted by atomic mass is 35.5. The molecule has 0 aromatic carbocycles. The van der Waals surface area contributed by atoms with Gasteiger partial charge in [0.2, 0.25) is 11.9 Å². The Morgan fingerprint density at radius 3 is 2.55 bits per heavy atom. The minimum Gasteiger partial charge on any atom is -0.354 e. The van der Waals surface area contributed by atoms with Crippen molar-refractivity contribution >= 4 is 35.0 Å². The molecule has 2 aromatic rings. The zero-order valence-electron chi connectivity index (χ0n) is 16.8. The second-order valence-corrected chi connectivity index (χ2v) is 8.91. The lowest BCUT2D eigenvalue weighted by atomic mass is 9.71. The van der Waals surface area contributed by atoms with E-state index in [2.05, 4.69) is 45.1 Å². The van der Waals surface area contributed by atoms with Gasteiger partial charge in [0.1, 0.15) is 5.02 Å². The first-order valence-corrected chi connectivity index (χ1v) is 9.85. The number of likely N-dealkylation sites (tertiary alicyclic amines) is 1. The third-order valence-corrected chi connectivity index (χ3v) is 6.48. The van der Waals surface area contributed by atoms with Crippen LogP contribution in [-0.2, 0) is 11.8 Å². The minimum atomic E-state index is -0.0670. The number of aryl methyl sites for hydroxylation is 1. The average Bonchev–Trinajstić information content (AvgIpc) is 3.24. The number of carbonyl (C=O) groups is 1. The summed E-state index contributed by atoms with van der Waals surface area (Å²) < 4.78 is 1.70.